The predicted octanol–water partition coefficient (Wildman–Crippen LogP) is 4.44. The van der Waals surface area contributed by atoms with Crippen LogP contribution in [0.2, 0.25) is 0 Å². The van der Waals surface area contributed by atoms with Crippen LogP contribution in [0.1, 0.15) is 42.5 Å². The zero-order valence-electron chi connectivity index (χ0n) is 18.2. The lowest BCUT2D eigenvalue weighted by Gasteiger charge is -2.19. The van der Waals surface area contributed by atoms with Crippen LogP contribution in [-0.4, -0.2) is 32.1 Å². The van der Waals surface area contributed by atoms with Crippen LogP contribution in [0.25, 0.3) is 16.9 Å². The summed E-state index contributed by atoms with van der Waals surface area (Å²) in [6.07, 6.45) is 2.80. The molecule has 0 saturated carbocycles. The van der Waals surface area contributed by atoms with Crippen LogP contribution < -0.4 is 5.32 Å². The maximum absolute atomic E-state index is 12.9. The molecular formula is C24H24N4O4. The summed E-state index contributed by atoms with van der Waals surface area (Å²) in [5.41, 5.74) is 3.12. The van der Waals surface area contributed by atoms with Crippen molar-refractivity contribution in [3.8, 4) is 11.3 Å². The molecule has 0 atom stereocenters. The molecule has 0 radical (unpaired) electrons. The number of aromatic nitrogens is 3. The standard InChI is InChI=1S/C24H24N4O4/c1-24(2,3)32-23(30)25-14-16-6-4-7-17(12-16)20(29)13-21-26-22-9-5-8-19(28(22)27-21)18-10-11-31-15-18/h4-12,15H,13-14H2,1-3H3,(H,25,30). The summed E-state index contributed by atoms with van der Waals surface area (Å²) in [6.45, 7) is 5.67. The summed E-state index contributed by atoms with van der Waals surface area (Å²) in [5.74, 6) is 0.327. The van der Waals surface area contributed by atoms with Gasteiger partial charge in [-0.1, -0.05) is 24.3 Å². The van der Waals surface area contributed by atoms with Crippen LogP contribution in [0.15, 0.2) is 65.5 Å². The Labute approximate surface area is 185 Å². The van der Waals surface area contributed by atoms with Crippen molar-refractivity contribution in [3.63, 3.8) is 0 Å². The van der Waals surface area contributed by atoms with E-state index in [1.54, 1.807) is 56.0 Å². The van der Waals surface area contributed by atoms with Crippen molar-refractivity contribution in [1.29, 1.82) is 0 Å². The maximum atomic E-state index is 12.9. The number of fused-ring (bicyclic) bond motifs is 1. The highest BCUT2D eigenvalue weighted by Gasteiger charge is 2.17. The first-order valence-electron chi connectivity index (χ1n) is 10.2. The van der Waals surface area contributed by atoms with Gasteiger partial charge in [0, 0.05) is 17.7 Å². The molecule has 0 aliphatic carbocycles. The van der Waals surface area contributed by atoms with E-state index in [1.165, 1.54) is 0 Å². The molecule has 0 fully saturated rings. The van der Waals surface area contributed by atoms with Gasteiger partial charge in [0.1, 0.15) is 5.60 Å². The number of amides is 1. The Balaban J connectivity index is 1.46. The van der Waals surface area contributed by atoms with Crippen LogP contribution in [0, 0.1) is 0 Å². The van der Waals surface area contributed by atoms with E-state index in [4.69, 9.17) is 9.15 Å². The number of benzene rings is 1. The molecule has 0 aliphatic heterocycles. The smallest absolute Gasteiger partial charge is 0.407 e. The number of pyridine rings is 1. The highest BCUT2D eigenvalue weighted by molar-refractivity contribution is 5.97. The van der Waals surface area contributed by atoms with Crippen LogP contribution in [0.3, 0.4) is 0 Å². The SMILES string of the molecule is CC(C)(C)OC(=O)NCc1cccc(C(=O)Cc2nc3cccc(-c4ccoc4)n3n2)c1. The number of ketones is 1. The van der Waals surface area contributed by atoms with Crippen molar-refractivity contribution in [2.45, 2.75) is 39.3 Å². The summed E-state index contributed by atoms with van der Waals surface area (Å²) in [4.78, 5) is 29.2. The number of ether oxygens (including phenoxy) is 1. The molecule has 4 rings (SSSR count). The molecular weight excluding hydrogens is 408 g/mol. The van der Waals surface area contributed by atoms with Crippen molar-refractivity contribution in [3.05, 3.63) is 78.0 Å². The largest absolute Gasteiger partial charge is 0.472 e. The molecule has 0 aliphatic rings. The average molecular weight is 432 g/mol. The summed E-state index contributed by atoms with van der Waals surface area (Å²) < 4.78 is 12.1. The van der Waals surface area contributed by atoms with E-state index in [2.05, 4.69) is 15.4 Å². The minimum Gasteiger partial charge on any atom is -0.472 e. The van der Waals surface area contributed by atoms with Gasteiger partial charge in [-0.25, -0.2) is 14.3 Å². The third-order valence-corrected chi connectivity index (χ3v) is 4.62. The Hall–Kier alpha value is -3.94. The Morgan fingerprint density at radius 3 is 2.69 bits per heavy atom. The number of furan rings is 1. The number of nitrogens with zero attached hydrogens (tertiary/aromatic N) is 3. The molecule has 0 unspecified atom stereocenters. The first-order valence-corrected chi connectivity index (χ1v) is 10.2. The van der Waals surface area contributed by atoms with Gasteiger partial charge in [0.2, 0.25) is 0 Å². The first-order chi connectivity index (χ1) is 15.3. The fourth-order valence-corrected chi connectivity index (χ4v) is 3.24. The van der Waals surface area contributed by atoms with Crippen LogP contribution >= 0.6 is 0 Å². The van der Waals surface area contributed by atoms with Crippen molar-refractivity contribution in [1.82, 2.24) is 19.9 Å². The number of nitrogens with one attached hydrogen (secondary N) is 1. The molecule has 164 valence electrons. The topological polar surface area (TPSA) is 98.7 Å². The molecule has 0 saturated heterocycles. The minimum atomic E-state index is -0.569. The lowest BCUT2D eigenvalue weighted by atomic mass is 10.0. The highest BCUT2D eigenvalue weighted by Crippen LogP contribution is 2.20. The van der Waals surface area contributed by atoms with Gasteiger partial charge in [0.25, 0.3) is 0 Å². The zero-order chi connectivity index (χ0) is 22.7. The van der Waals surface area contributed by atoms with Crippen LogP contribution in [0.4, 0.5) is 4.79 Å². The van der Waals surface area contributed by atoms with E-state index >= 15 is 0 Å². The lowest BCUT2D eigenvalue weighted by molar-refractivity contribution is 0.0523. The molecule has 0 spiro atoms. The Morgan fingerprint density at radius 2 is 1.94 bits per heavy atom. The Bertz CT molecular complexity index is 1250. The van der Waals surface area contributed by atoms with Gasteiger partial charge < -0.3 is 14.5 Å². The molecule has 1 amide bonds. The van der Waals surface area contributed by atoms with Crippen molar-refractivity contribution >= 4 is 17.5 Å². The van der Waals surface area contributed by atoms with E-state index in [0.717, 1.165) is 16.8 Å². The zero-order valence-corrected chi connectivity index (χ0v) is 18.2. The third kappa shape index (κ3) is 5.03. The molecule has 32 heavy (non-hydrogen) atoms. The second-order valence-corrected chi connectivity index (χ2v) is 8.38. The third-order valence-electron chi connectivity index (χ3n) is 4.62. The lowest BCUT2D eigenvalue weighted by Crippen LogP contribution is -2.32. The number of carbonyl (C=O) groups is 2. The first kappa shape index (κ1) is 21.3. The summed E-state index contributed by atoms with van der Waals surface area (Å²) in [7, 11) is 0. The number of rotatable bonds is 6. The van der Waals surface area contributed by atoms with Gasteiger partial charge in [-0.2, -0.15) is 5.10 Å². The van der Waals surface area contributed by atoms with Crippen LogP contribution in [0.5, 0.6) is 0 Å². The summed E-state index contributed by atoms with van der Waals surface area (Å²) in [5, 5.41) is 7.22. The Morgan fingerprint density at radius 1 is 1.12 bits per heavy atom. The van der Waals surface area contributed by atoms with Crippen molar-refractivity contribution in [2.24, 2.45) is 0 Å². The minimum absolute atomic E-state index is 0.0649. The van der Waals surface area contributed by atoms with Gasteiger partial charge in [0.15, 0.2) is 17.3 Å². The number of hydrogen-bond donors (Lipinski definition) is 1. The molecule has 3 aromatic heterocycles. The Kier molecular flexibility index (Phi) is 5.77. The second kappa shape index (κ2) is 8.66. The molecule has 4 aromatic rings. The van der Waals surface area contributed by atoms with E-state index in [0.29, 0.717) is 17.0 Å². The quantitative estimate of drug-likeness (QED) is 0.452. The van der Waals surface area contributed by atoms with Crippen LogP contribution in [-0.2, 0) is 17.7 Å². The summed E-state index contributed by atoms with van der Waals surface area (Å²) in [6, 6.07) is 14.6. The highest BCUT2D eigenvalue weighted by atomic mass is 16.6. The maximum Gasteiger partial charge on any atom is 0.407 e. The average Bonchev–Trinajstić information content (AvgIpc) is 3.40. The van der Waals surface area contributed by atoms with Crippen molar-refractivity contribution in [2.75, 3.05) is 0 Å². The van der Waals surface area contributed by atoms with Gasteiger partial charge in [-0.3, -0.25) is 4.79 Å². The number of Topliss-reactive ketones (excluding diaryl/α,β-unsaturated/α-hetero) is 1. The molecule has 1 N–H and O–H groups in total. The van der Waals surface area contributed by atoms with E-state index < -0.39 is 11.7 Å². The van der Waals surface area contributed by atoms with Gasteiger partial charge in [-0.15, -0.1) is 0 Å². The number of hydrogen-bond acceptors (Lipinski definition) is 6. The van der Waals surface area contributed by atoms with E-state index in [-0.39, 0.29) is 18.7 Å². The van der Waals surface area contributed by atoms with E-state index in [9.17, 15) is 9.59 Å². The molecule has 8 heteroatoms. The molecule has 3 heterocycles. The molecule has 1 aromatic carbocycles. The summed E-state index contributed by atoms with van der Waals surface area (Å²) >= 11 is 0. The molecule has 0 bridgehead atoms. The van der Waals surface area contributed by atoms with Gasteiger partial charge >= 0.3 is 6.09 Å². The van der Waals surface area contributed by atoms with Crippen molar-refractivity contribution < 1.29 is 18.7 Å². The number of carbonyl (C=O) groups excluding carboxylic acids is 2. The normalized spacial score (nSPS) is 11.5. The van der Waals surface area contributed by atoms with E-state index in [1.807, 2.05) is 30.3 Å². The number of alkyl carbamates (subject to hydrolysis) is 1. The fourth-order valence-electron chi connectivity index (χ4n) is 3.24. The van der Waals surface area contributed by atoms with Gasteiger partial charge in [0.05, 0.1) is 24.6 Å². The predicted molar refractivity (Wildman–Crippen MR) is 118 cm³/mol. The monoisotopic (exact) mass is 432 g/mol. The second-order valence-electron chi connectivity index (χ2n) is 8.38. The fraction of sp³-hybridized carbons (Fsp3) is 0.250. The molecule has 8 nitrogen and oxygen atoms in total. The van der Waals surface area contributed by atoms with Gasteiger partial charge in [-0.05, 0) is 50.6 Å².